The number of hydrogen-bond donors (Lipinski definition) is 1. The van der Waals surface area contributed by atoms with Crippen LogP contribution in [0.15, 0.2) is 22.7 Å². The molecule has 2 nitrogen and oxygen atoms in total. The van der Waals surface area contributed by atoms with Crippen molar-refractivity contribution in [3.8, 4) is 0 Å². The van der Waals surface area contributed by atoms with Crippen LogP contribution in [0.5, 0.6) is 0 Å². The van der Waals surface area contributed by atoms with Gasteiger partial charge in [-0.2, -0.15) is 0 Å². The Kier molecular flexibility index (Phi) is 3.09. The van der Waals surface area contributed by atoms with Gasteiger partial charge in [0.1, 0.15) is 5.82 Å². The molecule has 2 rings (SSSR count). The van der Waals surface area contributed by atoms with Crippen LogP contribution < -0.4 is 5.73 Å². The third-order valence-corrected chi connectivity index (χ3v) is 3.49. The van der Waals surface area contributed by atoms with Gasteiger partial charge in [-0.25, -0.2) is 4.39 Å². The molecular weight excluding hydrogens is 261 g/mol. The van der Waals surface area contributed by atoms with Crippen molar-refractivity contribution in [1.29, 1.82) is 0 Å². The van der Waals surface area contributed by atoms with Gasteiger partial charge in [-0.15, -0.1) is 0 Å². The number of ether oxygens (including phenoxy) is 1. The first-order chi connectivity index (χ1) is 7.13. The molecule has 0 radical (unpaired) electrons. The highest BCUT2D eigenvalue weighted by atomic mass is 79.9. The number of halogens is 2. The molecule has 2 N–H and O–H groups in total. The summed E-state index contributed by atoms with van der Waals surface area (Å²) in [6, 6.07) is 5.25. The molecule has 82 valence electrons. The molecule has 1 saturated heterocycles. The molecule has 15 heavy (non-hydrogen) atoms. The summed E-state index contributed by atoms with van der Waals surface area (Å²) in [7, 11) is 0. The van der Waals surface area contributed by atoms with Crippen LogP contribution in [-0.4, -0.2) is 13.2 Å². The van der Waals surface area contributed by atoms with Crippen LogP contribution in [0.3, 0.4) is 0 Å². The van der Waals surface area contributed by atoms with Gasteiger partial charge in [-0.05, 0) is 34.8 Å². The molecule has 0 spiro atoms. The molecule has 1 heterocycles. The lowest BCUT2D eigenvalue weighted by Crippen LogP contribution is -2.42. The first kappa shape index (κ1) is 11.0. The minimum Gasteiger partial charge on any atom is -0.381 e. The molecule has 0 bridgehead atoms. The zero-order valence-corrected chi connectivity index (χ0v) is 9.89. The lowest BCUT2D eigenvalue weighted by molar-refractivity contribution is 0.0510. The number of benzene rings is 1. The molecule has 1 aromatic carbocycles. The fourth-order valence-electron chi connectivity index (χ4n) is 1.89. The van der Waals surface area contributed by atoms with Gasteiger partial charge < -0.3 is 10.5 Å². The maximum Gasteiger partial charge on any atom is 0.142 e. The molecule has 0 unspecified atom stereocenters. The second kappa shape index (κ2) is 4.20. The van der Waals surface area contributed by atoms with Crippen LogP contribution in [0.1, 0.15) is 18.4 Å². The minimum atomic E-state index is -0.577. The Hall–Kier alpha value is -0.450. The van der Waals surface area contributed by atoms with E-state index >= 15 is 0 Å². The molecule has 0 aromatic heterocycles. The predicted octanol–water partition coefficient (Wildman–Crippen LogP) is 2.55. The molecular formula is C11H13BrFNO. The molecule has 0 saturated carbocycles. The summed E-state index contributed by atoms with van der Waals surface area (Å²) < 4.78 is 19.6. The van der Waals surface area contributed by atoms with Gasteiger partial charge in [0.25, 0.3) is 0 Å². The first-order valence-electron chi connectivity index (χ1n) is 4.95. The molecule has 1 aromatic rings. The van der Waals surface area contributed by atoms with Crippen molar-refractivity contribution in [3.63, 3.8) is 0 Å². The Morgan fingerprint density at radius 3 is 2.67 bits per heavy atom. The van der Waals surface area contributed by atoms with E-state index in [1.165, 1.54) is 0 Å². The summed E-state index contributed by atoms with van der Waals surface area (Å²) in [5.41, 5.74) is 6.22. The van der Waals surface area contributed by atoms with Crippen LogP contribution >= 0.6 is 15.9 Å². The van der Waals surface area contributed by atoms with Crippen molar-refractivity contribution in [2.75, 3.05) is 13.2 Å². The third kappa shape index (κ3) is 2.07. The normalized spacial score (nSPS) is 20.2. The van der Waals surface area contributed by atoms with Crippen LogP contribution in [0.2, 0.25) is 0 Å². The van der Waals surface area contributed by atoms with Crippen molar-refractivity contribution in [1.82, 2.24) is 0 Å². The first-order valence-corrected chi connectivity index (χ1v) is 5.74. The van der Waals surface area contributed by atoms with E-state index in [1.54, 1.807) is 12.1 Å². The Bertz CT molecular complexity index is 364. The summed E-state index contributed by atoms with van der Waals surface area (Å²) in [6.07, 6.45) is 1.33. The van der Waals surface area contributed by atoms with Crippen LogP contribution in [0.4, 0.5) is 4.39 Å². The van der Waals surface area contributed by atoms with Gasteiger partial charge >= 0.3 is 0 Å². The topological polar surface area (TPSA) is 35.2 Å². The average molecular weight is 274 g/mol. The van der Waals surface area contributed by atoms with E-state index in [1.807, 2.05) is 6.07 Å². The minimum absolute atomic E-state index is 0.248. The van der Waals surface area contributed by atoms with Crippen LogP contribution in [0, 0.1) is 5.82 Å². The van der Waals surface area contributed by atoms with Crippen molar-refractivity contribution >= 4 is 15.9 Å². The highest BCUT2D eigenvalue weighted by Crippen LogP contribution is 2.33. The van der Waals surface area contributed by atoms with Crippen LogP contribution in [0.25, 0.3) is 0 Å². The Labute approximate surface area is 96.7 Å². The molecule has 0 atom stereocenters. The molecule has 1 aliphatic rings. The maximum absolute atomic E-state index is 13.9. The lowest BCUT2D eigenvalue weighted by atomic mass is 9.83. The Balaban J connectivity index is 2.39. The largest absolute Gasteiger partial charge is 0.381 e. The zero-order valence-electron chi connectivity index (χ0n) is 8.30. The fourth-order valence-corrected chi connectivity index (χ4v) is 2.26. The predicted molar refractivity (Wildman–Crippen MR) is 60.0 cm³/mol. The third-order valence-electron chi connectivity index (χ3n) is 2.87. The van der Waals surface area contributed by atoms with E-state index in [4.69, 9.17) is 10.5 Å². The van der Waals surface area contributed by atoms with Gasteiger partial charge in [-0.1, -0.05) is 12.1 Å². The molecule has 1 fully saturated rings. The van der Waals surface area contributed by atoms with Gasteiger partial charge in [0, 0.05) is 24.3 Å². The highest BCUT2D eigenvalue weighted by molar-refractivity contribution is 9.10. The summed E-state index contributed by atoms with van der Waals surface area (Å²) in [6.45, 7) is 1.20. The second-order valence-corrected chi connectivity index (χ2v) is 4.72. The number of nitrogens with two attached hydrogens (primary N) is 1. The average Bonchev–Trinajstić information content (AvgIpc) is 2.23. The van der Waals surface area contributed by atoms with Gasteiger partial charge in [0.2, 0.25) is 0 Å². The molecule has 0 amide bonds. The van der Waals surface area contributed by atoms with E-state index in [-0.39, 0.29) is 5.82 Å². The van der Waals surface area contributed by atoms with E-state index < -0.39 is 5.54 Å². The fraction of sp³-hybridized carbons (Fsp3) is 0.455. The van der Waals surface area contributed by atoms with Crippen molar-refractivity contribution < 1.29 is 9.13 Å². The number of rotatable bonds is 1. The zero-order chi connectivity index (χ0) is 10.9. The summed E-state index contributed by atoms with van der Waals surface area (Å²) >= 11 is 3.18. The SMILES string of the molecule is NC1(c2cccc(Br)c2F)CCOCC1. The van der Waals surface area contributed by atoms with E-state index in [9.17, 15) is 4.39 Å². The summed E-state index contributed by atoms with van der Waals surface area (Å²) in [4.78, 5) is 0. The van der Waals surface area contributed by atoms with Gasteiger partial charge in [0.15, 0.2) is 0 Å². The van der Waals surface area contributed by atoms with Gasteiger partial charge in [-0.3, -0.25) is 0 Å². The highest BCUT2D eigenvalue weighted by Gasteiger charge is 2.32. The van der Waals surface area contributed by atoms with E-state index in [0.29, 0.717) is 36.1 Å². The van der Waals surface area contributed by atoms with Crippen molar-refractivity contribution in [2.45, 2.75) is 18.4 Å². The quantitative estimate of drug-likeness (QED) is 0.854. The van der Waals surface area contributed by atoms with Crippen molar-refractivity contribution in [3.05, 3.63) is 34.1 Å². The molecule has 4 heteroatoms. The lowest BCUT2D eigenvalue weighted by Gasteiger charge is -2.34. The molecule has 1 aliphatic heterocycles. The maximum atomic E-state index is 13.9. The van der Waals surface area contributed by atoms with Gasteiger partial charge in [0.05, 0.1) is 4.47 Å². The van der Waals surface area contributed by atoms with E-state index in [0.717, 1.165) is 0 Å². The summed E-state index contributed by atoms with van der Waals surface area (Å²) in [5, 5.41) is 0. The smallest absolute Gasteiger partial charge is 0.142 e. The van der Waals surface area contributed by atoms with Crippen LogP contribution in [-0.2, 0) is 10.3 Å². The molecule has 0 aliphatic carbocycles. The monoisotopic (exact) mass is 273 g/mol. The Morgan fingerprint density at radius 2 is 2.00 bits per heavy atom. The second-order valence-electron chi connectivity index (χ2n) is 3.87. The van der Waals surface area contributed by atoms with E-state index in [2.05, 4.69) is 15.9 Å². The Morgan fingerprint density at radius 1 is 1.33 bits per heavy atom. The number of hydrogen-bond acceptors (Lipinski definition) is 2. The standard InChI is InChI=1S/C11H13BrFNO/c12-9-3-1-2-8(10(9)13)11(14)4-6-15-7-5-11/h1-3H,4-7,14H2. The van der Waals surface area contributed by atoms with Crippen molar-refractivity contribution in [2.24, 2.45) is 5.73 Å². The summed E-state index contributed by atoms with van der Waals surface area (Å²) in [5.74, 6) is -0.248.